The van der Waals surface area contributed by atoms with Gasteiger partial charge in [0, 0.05) is 16.7 Å². The number of nitrogens with one attached hydrogen (secondary N) is 1. The largest absolute Gasteiger partial charge is 0.507 e. The van der Waals surface area contributed by atoms with Gasteiger partial charge in [0.2, 0.25) is 0 Å². The molecule has 0 aromatic heterocycles. The van der Waals surface area contributed by atoms with Gasteiger partial charge in [-0.15, -0.1) is 0 Å². The minimum absolute atomic E-state index is 0.0655. The average molecular weight is 360 g/mol. The van der Waals surface area contributed by atoms with Crippen molar-refractivity contribution in [2.45, 2.75) is 6.92 Å². The van der Waals surface area contributed by atoms with Gasteiger partial charge >= 0.3 is 0 Å². The SMILES string of the molecule is COc1ccc(C(C)=NNc2c(Cl)cc(Cl)cc2Cl)c(O)c1. The Kier molecular flexibility index (Phi) is 5.40. The highest BCUT2D eigenvalue weighted by atomic mass is 35.5. The highest BCUT2D eigenvalue weighted by Crippen LogP contribution is 2.34. The number of hydrazone groups is 1. The lowest BCUT2D eigenvalue weighted by Crippen LogP contribution is -2.01. The van der Waals surface area contributed by atoms with Gasteiger partial charge in [0.1, 0.15) is 11.5 Å². The number of aromatic hydroxyl groups is 1. The van der Waals surface area contributed by atoms with Crippen molar-refractivity contribution >= 4 is 46.2 Å². The minimum atomic E-state index is 0.0655. The Bertz CT molecular complexity index is 710. The summed E-state index contributed by atoms with van der Waals surface area (Å²) >= 11 is 18.0. The quantitative estimate of drug-likeness (QED) is 0.583. The van der Waals surface area contributed by atoms with Crippen LogP contribution in [0.5, 0.6) is 11.5 Å². The summed E-state index contributed by atoms with van der Waals surface area (Å²) in [7, 11) is 1.53. The number of nitrogens with zero attached hydrogens (tertiary/aromatic N) is 1. The fraction of sp³-hybridized carbons (Fsp3) is 0.133. The first-order valence-corrected chi connectivity index (χ1v) is 7.38. The molecule has 0 amide bonds. The molecule has 116 valence electrons. The van der Waals surface area contributed by atoms with Gasteiger partial charge in [-0.2, -0.15) is 5.10 Å². The van der Waals surface area contributed by atoms with E-state index in [1.807, 2.05) is 0 Å². The molecule has 4 nitrogen and oxygen atoms in total. The number of anilines is 1. The molecule has 0 atom stereocenters. The molecule has 0 fully saturated rings. The summed E-state index contributed by atoms with van der Waals surface area (Å²) in [6, 6.07) is 8.08. The van der Waals surface area contributed by atoms with Crippen molar-refractivity contribution in [1.29, 1.82) is 0 Å². The molecule has 22 heavy (non-hydrogen) atoms. The van der Waals surface area contributed by atoms with Crippen molar-refractivity contribution < 1.29 is 9.84 Å². The number of rotatable bonds is 4. The van der Waals surface area contributed by atoms with E-state index in [2.05, 4.69) is 10.5 Å². The van der Waals surface area contributed by atoms with Crippen LogP contribution >= 0.6 is 34.8 Å². The van der Waals surface area contributed by atoms with Gasteiger partial charge in [0.25, 0.3) is 0 Å². The van der Waals surface area contributed by atoms with Crippen molar-refractivity contribution in [3.63, 3.8) is 0 Å². The first-order valence-electron chi connectivity index (χ1n) is 6.24. The zero-order valence-electron chi connectivity index (χ0n) is 11.8. The summed E-state index contributed by atoms with van der Waals surface area (Å²) in [5.74, 6) is 0.626. The molecule has 7 heteroatoms. The Morgan fingerprint density at radius 1 is 1.14 bits per heavy atom. The van der Waals surface area contributed by atoms with Gasteiger partial charge in [-0.3, -0.25) is 5.43 Å². The third-order valence-corrected chi connectivity index (χ3v) is 3.75. The Morgan fingerprint density at radius 2 is 1.77 bits per heavy atom. The zero-order valence-corrected chi connectivity index (χ0v) is 14.1. The average Bonchev–Trinajstić information content (AvgIpc) is 2.45. The second-order valence-electron chi connectivity index (χ2n) is 4.44. The lowest BCUT2D eigenvalue weighted by Gasteiger charge is -2.09. The Labute approximate surface area is 143 Å². The normalized spacial score (nSPS) is 11.4. The highest BCUT2D eigenvalue weighted by molar-refractivity contribution is 6.41. The number of hydrogen-bond acceptors (Lipinski definition) is 4. The maximum absolute atomic E-state index is 9.98. The predicted molar refractivity (Wildman–Crippen MR) is 92.0 cm³/mol. The maximum atomic E-state index is 9.98. The van der Waals surface area contributed by atoms with Crippen molar-refractivity contribution in [1.82, 2.24) is 0 Å². The topological polar surface area (TPSA) is 53.8 Å². The van der Waals surface area contributed by atoms with E-state index in [1.165, 1.54) is 13.2 Å². The molecule has 2 aromatic carbocycles. The fourth-order valence-electron chi connectivity index (χ4n) is 1.79. The first-order chi connectivity index (χ1) is 10.4. The van der Waals surface area contributed by atoms with E-state index in [-0.39, 0.29) is 5.75 Å². The zero-order chi connectivity index (χ0) is 16.3. The highest BCUT2D eigenvalue weighted by Gasteiger charge is 2.09. The lowest BCUT2D eigenvalue weighted by atomic mass is 10.1. The Hall–Kier alpha value is -1.62. The summed E-state index contributed by atoms with van der Waals surface area (Å²) in [5, 5.41) is 15.3. The van der Waals surface area contributed by atoms with E-state index in [0.717, 1.165) is 0 Å². The van der Waals surface area contributed by atoms with Crippen LogP contribution < -0.4 is 10.2 Å². The van der Waals surface area contributed by atoms with Gasteiger partial charge in [-0.1, -0.05) is 34.8 Å². The molecule has 2 aromatic rings. The van der Waals surface area contributed by atoms with Crippen LogP contribution in [0.25, 0.3) is 0 Å². The van der Waals surface area contributed by atoms with Crippen LogP contribution in [0.15, 0.2) is 35.4 Å². The molecule has 0 aliphatic heterocycles. The van der Waals surface area contributed by atoms with Crippen LogP contribution in [-0.4, -0.2) is 17.9 Å². The van der Waals surface area contributed by atoms with E-state index >= 15 is 0 Å². The molecule has 0 unspecified atom stereocenters. The summed E-state index contributed by atoms with van der Waals surface area (Å²) in [6.45, 7) is 1.74. The van der Waals surface area contributed by atoms with E-state index in [1.54, 1.807) is 31.2 Å². The van der Waals surface area contributed by atoms with Crippen molar-refractivity contribution in [3.05, 3.63) is 51.0 Å². The summed E-state index contributed by atoms with van der Waals surface area (Å²) in [5.41, 5.74) is 4.35. The van der Waals surface area contributed by atoms with Crippen LogP contribution in [0.1, 0.15) is 12.5 Å². The number of hydrogen-bond donors (Lipinski definition) is 2. The fourth-order valence-corrected chi connectivity index (χ4v) is 2.69. The number of ether oxygens (including phenoxy) is 1. The van der Waals surface area contributed by atoms with Gasteiger partial charge in [0.05, 0.1) is 28.6 Å². The van der Waals surface area contributed by atoms with E-state index < -0.39 is 0 Å². The molecular weight excluding hydrogens is 347 g/mol. The van der Waals surface area contributed by atoms with Crippen LogP contribution in [0.3, 0.4) is 0 Å². The summed E-state index contributed by atoms with van der Waals surface area (Å²) in [4.78, 5) is 0. The van der Waals surface area contributed by atoms with Gasteiger partial charge in [0.15, 0.2) is 0 Å². The molecule has 2 rings (SSSR count). The van der Waals surface area contributed by atoms with Crippen molar-refractivity contribution in [2.24, 2.45) is 5.10 Å². The van der Waals surface area contributed by atoms with E-state index in [9.17, 15) is 5.11 Å². The number of methoxy groups -OCH3 is 1. The Balaban J connectivity index is 2.27. The minimum Gasteiger partial charge on any atom is -0.507 e. The van der Waals surface area contributed by atoms with Crippen LogP contribution in [0, 0.1) is 0 Å². The standard InChI is InChI=1S/C15H13Cl3N2O2/c1-8(11-4-3-10(22-2)7-14(11)21)19-20-15-12(17)5-9(16)6-13(15)18/h3-7,20-21H,1-2H3. The number of phenols is 1. The molecule has 0 bridgehead atoms. The molecular formula is C15H13Cl3N2O2. The summed E-state index contributed by atoms with van der Waals surface area (Å²) < 4.78 is 5.04. The van der Waals surface area contributed by atoms with Crippen LogP contribution in [-0.2, 0) is 0 Å². The van der Waals surface area contributed by atoms with E-state index in [0.29, 0.717) is 37.8 Å². The molecule has 0 aliphatic rings. The molecule has 0 spiro atoms. The molecule has 0 saturated carbocycles. The van der Waals surface area contributed by atoms with Gasteiger partial charge < -0.3 is 9.84 Å². The van der Waals surface area contributed by atoms with Gasteiger partial charge in [-0.05, 0) is 31.2 Å². The van der Waals surface area contributed by atoms with Crippen LogP contribution in [0.2, 0.25) is 15.1 Å². The monoisotopic (exact) mass is 358 g/mol. The molecule has 0 saturated heterocycles. The lowest BCUT2D eigenvalue weighted by molar-refractivity contribution is 0.407. The van der Waals surface area contributed by atoms with Crippen molar-refractivity contribution in [3.8, 4) is 11.5 Å². The van der Waals surface area contributed by atoms with E-state index in [4.69, 9.17) is 39.5 Å². The van der Waals surface area contributed by atoms with Gasteiger partial charge in [-0.25, -0.2) is 0 Å². The van der Waals surface area contributed by atoms with Crippen molar-refractivity contribution in [2.75, 3.05) is 12.5 Å². The first kappa shape index (κ1) is 16.7. The molecule has 0 heterocycles. The smallest absolute Gasteiger partial charge is 0.128 e. The number of phenolic OH excluding ortho intramolecular Hbond substituents is 1. The number of halogens is 3. The molecule has 2 N–H and O–H groups in total. The predicted octanol–water partition coefficient (Wildman–Crippen LogP) is 5.20. The number of benzene rings is 2. The third kappa shape index (κ3) is 3.77. The maximum Gasteiger partial charge on any atom is 0.128 e. The second kappa shape index (κ2) is 7.09. The summed E-state index contributed by atoms with van der Waals surface area (Å²) in [6.07, 6.45) is 0. The molecule has 0 aliphatic carbocycles. The van der Waals surface area contributed by atoms with Crippen LogP contribution in [0.4, 0.5) is 5.69 Å². The Morgan fingerprint density at radius 3 is 2.32 bits per heavy atom. The molecule has 0 radical (unpaired) electrons. The third-order valence-electron chi connectivity index (χ3n) is 2.94. The second-order valence-corrected chi connectivity index (χ2v) is 5.69.